The van der Waals surface area contributed by atoms with Crippen LogP contribution in [0.5, 0.6) is 0 Å². The van der Waals surface area contributed by atoms with Gasteiger partial charge in [0.1, 0.15) is 17.8 Å². The van der Waals surface area contributed by atoms with Crippen molar-refractivity contribution in [1.29, 1.82) is 0 Å². The zero-order valence-electron chi connectivity index (χ0n) is 15.8. The van der Waals surface area contributed by atoms with Gasteiger partial charge in [-0.2, -0.15) is 0 Å². The molecule has 1 aliphatic heterocycles. The van der Waals surface area contributed by atoms with Crippen LogP contribution in [0.2, 0.25) is 0 Å². The zero-order valence-corrected chi connectivity index (χ0v) is 15.8. The van der Waals surface area contributed by atoms with Crippen molar-refractivity contribution < 1.29 is 14.3 Å². The van der Waals surface area contributed by atoms with Gasteiger partial charge in [-0.1, -0.05) is 41.5 Å². The first-order chi connectivity index (χ1) is 9.57. The Morgan fingerprint density at radius 2 is 1.41 bits per heavy atom. The van der Waals surface area contributed by atoms with Gasteiger partial charge in [0.2, 0.25) is 5.91 Å². The van der Waals surface area contributed by atoms with Gasteiger partial charge in [-0.3, -0.25) is 9.69 Å². The number of nitrogens with zero attached hydrogens (tertiary/aromatic N) is 2. The monoisotopic (exact) mass is 312 g/mol. The van der Waals surface area contributed by atoms with Gasteiger partial charge in [-0.25, -0.2) is 4.79 Å². The maximum atomic E-state index is 12.8. The molecule has 22 heavy (non-hydrogen) atoms. The molecular weight excluding hydrogens is 280 g/mol. The molecule has 0 aromatic carbocycles. The summed E-state index contributed by atoms with van der Waals surface area (Å²) < 4.78 is 5.58. The average molecular weight is 312 g/mol. The molecule has 1 aliphatic rings. The Bertz CT molecular complexity index is 452. The van der Waals surface area contributed by atoms with Gasteiger partial charge in [-0.05, 0) is 26.2 Å². The average Bonchev–Trinajstić information content (AvgIpc) is 2.47. The van der Waals surface area contributed by atoms with E-state index in [1.54, 1.807) is 16.8 Å². The van der Waals surface area contributed by atoms with Crippen molar-refractivity contribution in [1.82, 2.24) is 9.80 Å². The summed E-state index contributed by atoms with van der Waals surface area (Å²) in [6, 6.07) is -0.517. The molecule has 5 nitrogen and oxygen atoms in total. The second-order valence-corrected chi connectivity index (χ2v) is 9.35. The lowest BCUT2D eigenvalue weighted by Crippen LogP contribution is -2.54. The lowest BCUT2D eigenvalue weighted by molar-refractivity contribution is -0.131. The molecule has 0 saturated carbocycles. The first kappa shape index (κ1) is 18.8. The number of amides is 2. The fraction of sp³-hybridized carbons (Fsp3) is 0.882. The van der Waals surface area contributed by atoms with E-state index in [1.807, 2.05) is 62.3 Å². The first-order valence-electron chi connectivity index (χ1n) is 7.85. The Morgan fingerprint density at radius 3 is 1.73 bits per heavy atom. The van der Waals surface area contributed by atoms with E-state index in [1.165, 1.54) is 0 Å². The van der Waals surface area contributed by atoms with Crippen LogP contribution in [0.1, 0.15) is 62.3 Å². The Kier molecular flexibility index (Phi) is 4.63. The summed E-state index contributed by atoms with van der Waals surface area (Å²) in [4.78, 5) is 28.9. The molecule has 0 radical (unpaired) electrons. The Labute approximate surface area is 135 Å². The van der Waals surface area contributed by atoms with E-state index in [0.717, 1.165) is 0 Å². The molecule has 2 atom stereocenters. The maximum Gasteiger partial charge on any atom is 0.412 e. The van der Waals surface area contributed by atoms with E-state index in [0.29, 0.717) is 0 Å². The molecule has 0 spiro atoms. The molecule has 1 rings (SSSR count). The fourth-order valence-electron chi connectivity index (χ4n) is 3.07. The molecule has 0 aromatic rings. The number of carbonyl (C=O) groups excluding carboxylic acids is 2. The second kappa shape index (κ2) is 5.43. The van der Waals surface area contributed by atoms with Crippen LogP contribution in [0.3, 0.4) is 0 Å². The predicted octanol–water partition coefficient (Wildman–Crippen LogP) is 3.48. The lowest BCUT2D eigenvalue weighted by Gasteiger charge is -2.41. The van der Waals surface area contributed by atoms with Crippen LogP contribution in [-0.2, 0) is 9.53 Å². The molecule has 1 saturated heterocycles. The van der Waals surface area contributed by atoms with Gasteiger partial charge < -0.3 is 9.64 Å². The van der Waals surface area contributed by atoms with E-state index in [9.17, 15) is 9.59 Å². The molecular formula is C17H32N2O3. The number of hydrogen-bond donors (Lipinski definition) is 0. The summed E-state index contributed by atoms with van der Waals surface area (Å²) in [5, 5.41) is 0. The number of rotatable bonds is 0. The topological polar surface area (TPSA) is 49.9 Å². The molecule has 1 fully saturated rings. The zero-order chi connectivity index (χ0) is 17.7. The molecule has 128 valence electrons. The smallest absolute Gasteiger partial charge is 0.412 e. The Balaban J connectivity index is 3.34. The van der Waals surface area contributed by atoms with E-state index >= 15 is 0 Å². The minimum Gasteiger partial charge on any atom is -0.444 e. The van der Waals surface area contributed by atoms with Crippen molar-refractivity contribution >= 4 is 12.0 Å². The summed E-state index contributed by atoms with van der Waals surface area (Å²) in [5.41, 5.74) is -1.21. The SMILES string of the molecule is CN1C(=O)C(C(C)(C)C)N(C(=O)OC(C)(C)C)[C@H]1C(C)(C)C. The third-order valence-electron chi connectivity index (χ3n) is 3.69. The summed E-state index contributed by atoms with van der Waals surface area (Å²) in [6.45, 7) is 17.5. The van der Waals surface area contributed by atoms with Crippen LogP contribution in [-0.4, -0.2) is 46.7 Å². The van der Waals surface area contributed by atoms with Crippen molar-refractivity contribution in [2.75, 3.05) is 7.05 Å². The molecule has 1 unspecified atom stereocenters. The third-order valence-corrected chi connectivity index (χ3v) is 3.69. The summed E-state index contributed by atoms with van der Waals surface area (Å²) in [5.74, 6) is -0.0294. The molecule has 5 heteroatoms. The Morgan fingerprint density at radius 1 is 0.955 bits per heavy atom. The molecule has 2 amide bonds. The first-order valence-corrected chi connectivity index (χ1v) is 7.85. The van der Waals surface area contributed by atoms with E-state index in [2.05, 4.69) is 0 Å². The van der Waals surface area contributed by atoms with Crippen molar-refractivity contribution in [3.05, 3.63) is 0 Å². The number of likely N-dealkylation sites (N-methyl/N-ethyl adjacent to an activating group) is 1. The molecule has 0 N–H and O–H groups in total. The van der Waals surface area contributed by atoms with Crippen LogP contribution in [0, 0.1) is 10.8 Å². The molecule has 1 heterocycles. The van der Waals surface area contributed by atoms with Crippen molar-refractivity contribution in [2.45, 2.75) is 80.1 Å². The van der Waals surface area contributed by atoms with E-state index in [4.69, 9.17) is 4.74 Å². The fourth-order valence-corrected chi connectivity index (χ4v) is 3.07. The number of ether oxygens (including phenoxy) is 1. The highest BCUT2D eigenvalue weighted by molar-refractivity contribution is 5.90. The number of carbonyl (C=O) groups is 2. The normalized spacial score (nSPS) is 24.0. The number of hydrogen-bond acceptors (Lipinski definition) is 3. The van der Waals surface area contributed by atoms with Crippen molar-refractivity contribution in [3.8, 4) is 0 Å². The van der Waals surface area contributed by atoms with Crippen molar-refractivity contribution in [3.63, 3.8) is 0 Å². The van der Waals surface area contributed by atoms with E-state index < -0.39 is 17.7 Å². The van der Waals surface area contributed by atoms with Gasteiger partial charge in [0.25, 0.3) is 0 Å². The predicted molar refractivity (Wildman–Crippen MR) is 87.3 cm³/mol. The van der Waals surface area contributed by atoms with Gasteiger partial charge in [0.15, 0.2) is 0 Å². The highest BCUT2D eigenvalue weighted by Crippen LogP contribution is 2.40. The highest BCUT2D eigenvalue weighted by Gasteiger charge is 2.56. The molecule has 0 bridgehead atoms. The third kappa shape index (κ3) is 3.73. The minimum atomic E-state index is -0.591. The van der Waals surface area contributed by atoms with Gasteiger partial charge in [-0.15, -0.1) is 0 Å². The van der Waals surface area contributed by atoms with Gasteiger partial charge in [0, 0.05) is 12.5 Å². The Hall–Kier alpha value is -1.26. The van der Waals surface area contributed by atoms with Crippen LogP contribution >= 0.6 is 0 Å². The quantitative estimate of drug-likeness (QED) is 0.688. The highest BCUT2D eigenvalue weighted by atomic mass is 16.6. The van der Waals surface area contributed by atoms with Crippen LogP contribution < -0.4 is 0 Å². The molecule has 0 aliphatic carbocycles. The molecule has 0 aromatic heterocycles. The van der Waals surface area contributed by atoms with Crippen LogP contribution in [0.15, 0.2) is 0 Å². The van der Waals surface area contributed by atoms with Crippen LogP contribution in [0.25, 0.3) is 0 Å². The minimum absolute atomic E-state index is 0.0294. The van der Waals surface area contributed by atoms with E-state index in [-0.39, 0.29) is 22.9 Å². The summed E-state index contributed by atoms with van der Waals surface area (Å²) in [7, 11) is 1.77. The van der Waals surface area contributed by atoms with Crippen molar-refractivity contribution in [2.24, 2.45) is 10.8 Å². The largest absolute Gasteiger partial charge is 0.444 e. The lowest BCUT2D eigenvalue weighted by atomic mass is 9.85. The summed E-state index contributed by atoms with van der Waals surface area (Å²) >= 11 is 0. The standard InChI is InChI=1S/C17H32N2O3/c1-15(2,3)11-12(20)18(10)13(16(4,5)6)19(11)14(21)22-17(7,8)9/h11,13H,1-10H3/t11?,13-/m0/s1. The van der Waals surface area contributed by atoms with Crippen LogP contribution in [0.4, 0.5) is 4.79 Å². The van der Waals surface area contributed by atoms with Gasteiger partial charge >= 0.3 is 6.09 Å². The van der Waals surface area contributed by atoms with Gasteiger partial charge in [0.05, 0.1) is 0 Å². The summed E-state index contributed by atoms with van der Waals surface area (Å²) in [6.07, 6.45) is -0.746. The second-order valence-electron chi connectivity index (χ2n) is 9.35. The maximum absolute atomic E-state index is 12.8.